The summed E-state index contributed by atoms with van der Waals surface area (Å²) in [6.07, 6.45) is 0. The van der Waals surface area contributed by atoms with E-state index in [0.717, 1.165) is 0 Å². The van der Waals surface area contributed by atoms with Gasteiger partial charge in [-0.15, -0.1) is 0 Å². The van der Waals surface area contributed by atoms with Gasteiger partial charge in [0.1, 0.15) is 14.7 Å². The summed E-state index contributed by atoms with van der Waals surface area (Å²) in [5.41, 5.74) is 0. The van der Waals surface area contributed by atoms with E-state index in [-0.39, 0.29) is 33.8 Å². The zero-order valence-electron chi connectivity index (χ0n) is 12.6. The summed E-state index contributed by atoms with van der Waals surface area (Å²) < 4.78 is 98.4. The summed E-state index contributed by atoms with van der Waals surface area (Å²) in [6, 6.07) is 9.76. The predicted molar refractivity (Wildman–Crippen MR) is 99.4 cm³/mol. The molecular formula is C14H12MgO9S3. The molecule has 0 aliphatic rings. The lowest BCUT2D eigenvalue weighted by Gasteiger charge is -2.13. The third kappa shape index (κ3) is 4.09. The second-order valence-electron chi connectivity index (χ2n) is 5.38. The first-order chi connectivity index (χ1) is 11.8. The van der Waals surface area contributed by atoms with E-state index < -0.39 is 45.0 Å². The molecule has 0 aromatic heterocycles. The van der Waals surface area contributed by atoms with Crippen LogP contribution in [0.5, 0.6) is 0 Å². The maximum atomic E-state index is 11.8. The third-order valence-corrected chi connectivity index (χ3v) is 6.69. The first-order valence-corrected chi connectivity index (χ1v) is 11.0. The molecule has 13 heteroatoms. The Morgan fingerprint density at radius 1 is 0.593 bits per heavy atom. The number of hydrogen-bond acceptors (Lipinski definition) is 6. The number of rotatable bonds is 3. The van der Waals surface area contributed by atoms with Crippen molar-refractivity contribution in [2.24, 2.45) is 0 Å². The average Bonchev–Trinajstić information content (AvgIpc) is 2.48. The van der Waals surface area contributed by atoms with Gasteiger partial charge in [-0.2, -0.15) is 25.3 Å². The minimum atomic E-state index is -5.45. The van der Waals surface area contributed by atoms with Gasteiger partial charge in [0.25, 0.3) is 30.4 Å². The Morgan fingerprint density at radius 2 is 1.07 bits per heavy atom. The lowest BCUT2D eigenvalue weighted by atomic mass is 10.0. The molecule has 0 fully saturated rings. The van der Waals surface area contributed by atoms with Crippen molar-refractivity contribution in [3.05, 3.63) is 42.5 Å². The summed E-state index contributed by atoms with van der Waals surface area (Å²) in [6.45, 7) is 0. The maximum Gasteiger partial charge on any atom is 0.316 e. The van der Waals surface area contributed by atoms with E-state index >= 15 is 0 Å². The van der Waals surface area contributed by atoms with Gasteiger partial charge in [0, 0.05) is 5.39 Å². The number of fused-ring (bicyclic) bond motifs is 2. The molecule has 0 atom stereocenters. The van der Waals surface area contributed by atoms with Crippen molar-refractivity contribution >= 4 is 75.0 Å². The second-order valence-corrected chi connectivity index (χ2v) is 9.49. The molecule has 3 aromatic rings. The molecule has 0 amide bonds. The highest BCUT2D eigenvalue weighted by Crippen LogP contribution is 2.37. The van der Waals surface area contributed by atoms with Crippen LogP contribution in [0.2, 0.25) is 0 Å². The van der Waals surface area contributed by atoms with Gasteiger partial charge in [-0.3, -0.25) is 13.7 Å². The van der Waals surface area contributed by atoms with Crippen molar-refractivity contribution in [1.82, 2.24) is 0 Å². The van der Waals surface area contributed by atoms with E-state index in [1.54, 1.807) is 24.3 Å². The molecule has 3 aromatic carbocycles. The minimum Gasteiger partial charge on any atom is -0.282 e. The Balaban J connectivity index is 0.00000261. The largest absolute Gasteiger partial charge is 0.316 e. The number of hydrogen-bond donors (Lipinski definition) is 3. The van der Waals surface area contributed by atoms with Crippen LogP contribution in [0, 0.1) is 0 Å². The molecule has 0 spiro atoms. The fourth-order valence-corrected chi connectivity index (χ4v) is 6.10. The van der Waals surface area contributed by atoms with Crippen LogP contribution < -0.4 is 0 Å². The van der Waals surface area contributed by atoms with E-state index in [2.05, 4.69) is 0 Å². The van der Waals surface area contributed by atoms with Gasteiger partial charge in [0.15, 0.2) is 0 Å². The molecule has 9 nitrogen and oxygen atoms in total. The van der Waals surface area contributed by atoms with Gasteiger partial charge in [0.2, 0.25) is 0 Å². The van der Waals surface area contributed by atoms with Crippen LogP contribution in [-0.4, -0.2) is 62.0 Å². The zero-order chi connectivity index (χ0) is 19.5. The van der Waals surface area contributed by atoms with Gasteiger partial charge in [-0.1, -0.05) is 24.3 Å². The average molecular weight is 445 g/mol. The molecule has 0 saturated carbocycles. The highest BCUT2D eigenvalue weighted by Gasteiger charge is 2.34. The van der Waals surface area contributed by atoms with Crippen molar-refractivity contribution in [3.8, 4) is 0 Å². The summed E-state index contributed by atoms with van der Waals surface area (Å²) in [4.78, 5) is -4.32. The van der Waals surface area contributed by atoms with Gasteiger partial charge in [-0.05, 0) is 34.4 Å². The molecule has 0 heterocycles. The Hall–Kier alpha value is -1.32. The van der Waals surface area contributed by atoms with Crippen molar-refractivity contribution in [1.29, 1.82) is 0 Å². The Morgan fingerprint density at radius 3 is 1.52 bits per heavy atom. The van der Waals surface area contributed by atoms with Crippen molar-refractivity contribution in [2.45, 2.75) is 14.7 Å². The molecule has 27 heavy (non-hydrogen) atoms. The fourth-order valence-electron chi connectivity index (χ4n) is 2.71. The standard InChI is InChI=1S/C14H10O9S3.Mg.2H/c15-24(16,17)12-7-10-5-8-3-1-2-4-9(8)6-11(10)13(25(18,19)20)14(12)26(21,22)23;;;/h1-7H,(H,15,16,17)(H,18,19,20)(H,21,22,23);;;. The van der Waals surface area contributed by atoms with E-state index in [1.807, 2.05) is 0 Å². The maximum absolute atomic E-state index is 11.8. The lowest BCUT2D eigenvalue weighted by molar-refractivity contribution is 0.457. The van der Waals surface area contributed by atoms with Crippen LogP contribution >= 0.6 is 0 Å². The second kappa shape index (κ2) is 6.93. The monoisotopic (exact) mass is 444 g/mol. The Bertz CT molecular complexity index is 1390. The highest BCUT2D eigenvalue weighted by molar-refractivity contribution is 7.90. The SMILES string of the molecule is O=S(=O)(O)c1cc2cc3ccccc3cc2c(S(=O)(=O)O)c1S(=O)(=O)O.[MgH2]. The molecule has 0 aliphatic heterocycles. The quantitative estimate of drug-likeness (QED) is 0.301. The van der Waals surface area contributed by atoms with Gasteiger partial charge in [-0.25, -0.2) is 0 Å². The van der Waals surface area contributed by atoms with Crippen molar-refractivity contribution < 1.29 is 38.9 Å². The molecule has 0 bridgehead atoms. The molecule has 0 radical (unpaired) electrons. The summed E-state index contributed by atoms with van der Waals surface area (Å²) >= 11 is 0. The topological polar surface area (TPSA) is 163 Å². The molecular weight excluding hydrogens is 433 g/mol. The zero-order valence-corrected chi connectivity index (χ0v) is 15.0. The molecule has 0 aliphatic carbocycles. The Kier molecular flexibility index (Phi) is 5.64. The van der Waals surface area contributed by atoms with Crippen LogP contribution in [0.15, 0.2) is 57.2 Å². The summed E-state index contributed by atoms with van der Waals surface area (Å²) in [5.74, 6) is 0. The van der Waals surface area contributed by atoms with Crippen LogP contribution in [0.4, 0.5) is 0 Å². The third-order valence-electron chi connectivity index (χ3n) is 3.67. The first-order valence-electron chi connectivity index (χ1n) is 6.72. The molecule has 3 rings (SSSR count). The van der Waals surface area contributed by atoms with Crippen molar-refractivity contribution in [2.75, 3.05) is 0 Å². The van der Waals surface area contributed by atoms with E-state index in [1.165, 1.54) is 12.1 Å². The highest BCUT2D eigenvalue weighted by atomic mass is 32.2. The van der Waals surface area contributed by atoms with Crippen molar-refractivity contribution in [3.63, 3.8) is 0 Å². The van der Waals surface area contributed by atoms with Crippen LogP contribution in [0.1, 0.15) is 0 Å². The van der Waals surface area contributed by atoms with Gasteiger partial charge < -0.3 is 0 Å². The molecule has 0 saturated heterocycles. The fraction of sp³-hybridized carbons (Fsp3) is 0. The van der Waals surface area contributed by atoms with E-state index in [4.69, 9.17) is 0 Å². The molecule has 142 valence electrons. The van der Waals surface area contributed by atoms with Gasteiger partial charge in [0.05, 0.1) is 0 Å². The molecule has 3 N–H and O–H groups in total. The van der Waals surface area contributed by atoms with Crippen LogP contribution in [0.3, 0.4) is 0 Å². The lowest BCUT2D eigenvalue weighted by Crippen LogP contribution is -2.15. The normalized spacial score (nSPS) is 12.9. The Labute approximate surface area is 170 Å². The summed E-state index contributed by atoms with van der Waals surface area (Å²) in [5, 5.41) is 0.593. The van der Waals surface area contributed by atoms with Crippen LogP contribution in [0.25, 0.3) is 21.5 Å². The first kappa shape index (κ1) is 22.0. The van der Waals surface area contributed by atoms with Crippen LogP contribution in [-0.2, 0) is 30.4 Å². The van der Waals surface area contributed by atoms with E-state index in [0.29, 0.717) is 16.8 Å². The smallest absolute Gasteiger partial charge is 0.282 e. The molecule has 0 unspecified atom stereocenters. The summed E-state index contributed by atoms with van der Waals surface area (Å²) in [7, 11) is -16.0. The van der Waals surface area contributed by atoms with Gasteiger partial charge >= 0.3 is 23.1 Å². The predicted octanol–water partition coefficient (Wildman–Crippen LogP) is 0.817. The van der Waals surface area contributed by atoms with E-state index in [9.17, 15) is 38.9 Å². The minimum absolute atomic E-state index is 0. The number of benzene rings is 3.